The summed E-state index contributed by atoms with van der Waals surface area (Å²) in [5.41, 5.74) is 0.0427. The highest BCUT2D eigenvalue weighted by molar-refractivity contribution is 5.93. The molecule has 0 N–H and O–H groups in total. The molecule has 0 fully saturated rings. The molecule has 0 bridgehead atoms. The van der Waals surface area contributed by atoms with Crippen molar-refractivity contribution in [3.05, 3.63) is 212 Å². The lowest BCUT2D eigenvalue weighted by Crippen LogP contribution is -2.31. The molecule has 0 aliphatic carbocycles. The molecule has 0 aliphatic heterocycles. The molecule has 0 saturated heterocycles. The fourth-order valence-corrected chi connectivity index (χ4v) is 8.43. The monoisotopic (exact) mass is 1180 g/mol. The molecule has 0 saturated carbocycles. The third kappa shape index (κ3) is 18.6. The topological polar surface area (TPSA) is 276 Å². The molecule has 0 radical (unpaired) electrons. The summed E-state index contributed by atoms with van der Waals surface area (Å²) in [7, 11) is 0. The number of carbonyl (C=O) groups excluding carboxylic acids is 6. The molecule has 0 unspecified atom stereocenters. The van der Waals surface area contributed by atoms with Crippen LogP contribution in [0.2, 0.25) is 0 Å². The van der Waals surface area contributed by atoms with Crippen LogP contribution in [0.15, 0.2) is 191 Å². The van der Waals surface area contributed by atoms with E-state index in [4.69, 9.17) is 55.9 Å². The Morgan fingerprint density at radius 1 is 0.333 bits per heavy atom. The van der Waals surface area contributed by atoms with Crippen LogP contribution in [0.4, 0.5) is 0 Å². The standard InChI is InChI=1S/C66H56O21/c67-58(7-1-4-34-76-48-22-13-45(14-23-48)64(73)82-51-28-10-42-19-31-61(70)85-55(42)37-51)79-40-54(81-60(69)9-3-6-36-78-50-26-17-47(18-27-50)66(75)84-53-30-12-44-21-33-63(72)87-57(44)39-53)41-80-59(68)8-2-5-35-77-49-24-15-46(16-25-49)65(74)83-52-29-11-43-20-32-62(71)86-56(43)38-52/h10-33,37-39,54H,1-9,34-36,40-41H2. The van der Waals surface area contributed by atoms with Gasteiger partial charge in [-0.05, 0) is 166 Å². The number of esters is 6. The molecule has 9 rings (SSSR count). The Bertz CT molecular complexity index is 3890. The van der Waals surface area contributed by atoms with Crippen molar-refractivity contribution in [1.29, 1.82) is 0 Å². The molecule has 6 aromatic carbocycles. The average Bonchev–Trinajstić information content (AvgIpc) is 3.32. The second kappa shape index (κ2) is 30.1. The molecule has 87 heavy (non-hydrogen) atoms. The number of benzene rings is 6. The van der Waals surface area contributed by atoms with Crippen LogP contribution in [0.5, 0.6) is 34.5 Å². The second-order valence-corrected chi connectivity index (χ2v) is 19.5. The Labute approximate surface area is 494 Å². The van der Waals surface area contributed by atoms with Crippen molar-refractivity contribution in [2.24, 2.45) is 0 Å². The van der Waals surface area contributed by atoms with Crippen molar-refractivity contribution in [3.63, 3.8) is 0 Å². The molecule has 3 heterocycles. The first kappa shape index (κ1) is 60.8. The number of unbranched alkanes of at least 4 members (excludes halogenated alkanes) is 3. The van der Waals surface area contributed by atoms with Crippen LogP contribution in [-0.4, -0.2) is 75.0 Å². The number of fused-ring (bicyclic) bond motifs is 3. The van der Waals surface area contributed by atoms with E-state index in [1.165, 1.54) is 48.5 Å². The first-order chi connectivity index (χ1) is 42.2. The van der Waals surface area contributed by atoms with Crippen molar-refractivity contribution in [2.75, 3.05) is 33.0 Å². The van der Waals surface area contributed by atoms with Crippen LogP contribution in [0, 0.1) is 0 Å². The zero-order valence-corrected chi connectivity index (χ0v) is 46.6. The molecule has 3 aromatic heterocycles. The number of hydrogen-bond acceptors (Lipinski definition) is 21. The highest BCUT2D eigenvalue weighted by Gasteiger charge is 2.21. The highest BCUT2D eigenvalue weighted by atomic mass is 16.6. The fourth-order valence-electron chi connectivity index (χ4n) is 8.43. The van der Waals surface area contributed by atoms with Gasteiger partial charge in [-0.15, -0.1) is 0 Å². The summed E-state index contributed by atoms with van der Waals surface area (Å²) in [6, 6.07) is 41.7. The lowest BCUT2D eigenvalue weighted by molar-refractivity contribution is -0.167. The van der Waals surface area contributed by atoms with E-state index in [-0.39, 0.29) is 103 Å². The second-order valence-electron chi connectivity index (χ2n) is 19.5. The molecule has 0 atom stereocenters. The molecule has 0 aliphatic rings. The van der Waals surface area contributed by atoms with E-state index in [9.17, 15) is 43.2 Å². The van der Waals surface area contributed by atoms with E-state index in [2.05, 4.69) is 0 Å². The Balaban J connectivity index is 0.682. The maximum absolute atomic E-state index is 13.1. The van der Waals surface area contributed by atoms with Crippen molar-refractivity contribution < 1.29 is 84.7 Å². The first-order valence-electron chi connectivity index (χ1n) is 27.7. The van der Waals surface area contributed by atoms with E-state index in [0.717, 1.165) is 0 Å². The maximum Gasteiger partial charge on any atom is 0.343 e. The van der Waals surface area contributed by atoms with Crippen LogP contribution >= 0.6 is 0 Å². The van der Waals surface area contributed by atoms with Crippen LogP contribution in [-0.2, 0) is 28.6 Å². The van der Waals surface area contributed by atoms with Crippen molar-refractivity contribution in [3.8, 4) is 34.5 Å². The molecule has 21 heteroatoms. The lowest BCUT2D eigenvalue weighted by atomic mass is 10.2. The molecule has 0 amide bonds. The van der Waals surface area contributed by atoms with Gasteiger partial charge >= 0.3 is 52.7 Å². The van der Waals surface area contributed by atoms with Gasteiger partial charge in [0.25, 0.3) is 0 Å². The summed E-state index contributed by atoms with van der Waals surface area (Å²) in [5, 5.41) is 2.02. The minimum atomic E-state index is -1.11. The zero-order chi connectivity index (χ0) is 60.9. The highest BCUT2D eigenvalue weighted by Crippen LogP contribution is 2.25. The van der Waals surface area contributed by atoms with E-state index in [1.807, 2.05) is 0 Å². The van der Waals surface area contributed by atoms with Gasteiger partial charge in [-0.1, -0.05) is 0 Å². The van der Waals surface area contributed by atoms with Gasteiger partial charge in [-0.2, -0.15) is 0 Å². The molecular formula is C66H56O21. The van der Waals surface area contributed by atoms with E-state index < -0.39 is 58.8 Å². The predicted molar refractivity (Wildman–Crippen MR) is 311 cm³/mol. The van der Waals surface area contributed by atoms with Gasteiger partial charge in [0, 0.05) is 71.8 Å². The van der Waals surface area contributed by atoms with Crippen LogP contribution in [0.25, 0.3) is 32.9 Å². The van der Waals surface area contributed by atoms with Crippen molar-refractivity contribution >= 4 is 68.7 Å². The molecule has 21 nitrogen and oxygen atoms in total. The predicted octanol–water partition coefficient (Wildman–Crippen LogP) is 10.7. The molecule has 446 valence electrons. The summed E-state index contributed by atoms with van der Waals surface area (Å²) in [6.07, 6.45) is 1.44. The van der Waals surface area contributed by atoms with Gasteiger partial charge < -0.3 is 55.9 Å². The van der Waals surface area contributed by atoms with Crippen molar-refractivity contribution in [1.82, 2.24) is 0 Å². The zero-order valence-electron chi connectivity index (χ0n) is 46.6. The summed E-state index contributed by atoms with van der Waals surface area (Å²) < 4.78 is 65.8. The van der Waals surface area contributed by atoms with Crippen LogP contribution in [0.1, 0.15) is 88.9 Å². The Kier molecular flexibility index (Phi) is 21.0. The summed E-state index contributed by atoms with van der Waals surface area (Å²) in [6.45, 7) is -0.0226. The largest absolute Gasteiger partial charge is 0.494 e. The number of ether oxygens (including phenoxy) is 9. The average molecular weight is 1190 g/mol. The van der Waals surface area contributed by atoms with Gasteiger partial charge in [-0.25, -0.2) is 28.8 Å². The molecule has 0 spiro atoms. The maximum atomic E-state index is 13.1. The Morgan fingerprint density at radius 3 is 0.943 bits per heavy atom. The number of carbonyl (C=O) groups is 6. The minimum absolute atomic E-state index is 0.0144. The minimum Gasteiger partial charge on any atom is -0.494 e. The van der Waals surface area contributed by atoms with Crippen LogP contribution in [0.3, 0.4) is 0 Å². The first-order valence-corrected chi connectivity index (χ1v) is 27.7. The van der Waals surface area contributed by atoms with Crippen LogP contribution < -0.4 is 45.3 Å². The number of rotatable bonds is 29. The van der Waals surface area contributed by atoms with Crippen molar-refractivity contribution in [2.45, 2.75) is 63.9 Å². The smallest absolute Gasteiger partial charge is 0.343 e. The molecular weight excluding hydrogens is 1130 g/mol. The molecule has 9 aromatic rings. The SMILES string of the molecule is O=C(CCCCOc1ccc(C(=O)Oc2ccc3ccc(=O)oc3c2)cc1)OCC(COC(=O)CCCCOc1ccc(C(=O)Oc2ccc3ccc(=O)oc3c2)cc1)OC(=O)CCCCOc1ccc(C(=O)Oc2ccc3ccc(=O)oc3c2)cc1. The third-order valence-electron chi connectivity index (χ3n) is 13.0. The van der Waals surface area contributed by atoms with Gasteiger partial charge in [0.2, 0.25) is 0 Å². The van der Waals surface area contributed by atoms with E-state index >= 15 is 0 Å². The van der Waals surface area contributed by atoms with E-state index in [0.29, 0.717) is 71.9 Å². The van der Waals surface area contributed by atoms with Gasteiger partial charge in [-0.3, -0.25) is 14.4 Å². The number of hydrogen-bond donors (Lipinski definition) is 0. The normalized spacial score (nSPS) is 11.0. The van der Waals surface area contributed by atoms with Gasteiger partial charge in [0.1, 0.15) is 64.5 Å². The van der Waals surface area contributed by atoms with Gasteiger partial charge in [0.15, 0.2) is 6.10 Å². The van der Waals surface area contributed by atoms with E-state index in [1.54, 1.807) is 115 Å². The lowest BCUT2D eigenvalue weighted by Gasteiger charge is -2.18. The fraction of sp³-hybridized carbons (Fsp3) is 0.227. The quantitative estimate of drug-likeness (QED) is 0.0138. The van der Waals surface area contributed by atoms with Gasteiger partial charge in [0.05, 0.1) is 36.5 Å². The Hall–Kier alpha value is -10.8. The summed E-state index contributed by atoms with van der Waals surface area (Å²) >= 11 is 0. The summed E-state index contributed by atoms with van der Waals surface area (Å²) in [4.78, 5) is 112. The summed E-state index contributed by atoms with van der Waals surface area (Å²) in [5.74, 6) is -1.59. The Morgan fingerprint density at radius 2 is 0.621 bits per heavy atom. The third-order valence-corrected chi connectivity index (χ3v) is 13.0.